The molecule has 7 heteroatoms. The molecule has 1 saturated carbocycles. The minimum absolute atomic E-state index is 0.417. The van der Waals surface area contributed by atoms with Gasteiger partial charge < -0.3 is 10.6 Å². The van der Waals surface area contributed by atoms with Crippen molar-refractivity contribution in [1.82, 2.24) is 10.6 Å². The summed E-state index contributed by atoms with van der Waals surface area (Å²) in [6, 6.07) is 7.81. The van der Waals surface area contributed by atoms with Gasteiger partial charge in [0.15, 0.2) is 5.96 Å². The van der Waals surface area contributed by atoms with Crippen molar-refractivity contribution in [2.24, 2.45) is 4.99 Å². The number of sulfonamides is 1. The van der Waals surface area contributed by atoms with Crippen LogP contribution in [0.5, 0.6) is 0 Å². The van der Waals surface area contributed by atoms with E-state index in [1.54, 1.807) is 6.07 Å². The van der Waals surface area contributed by atoms with Gasteiger partial charge in [-0.25, -0.2) is 13.4 Å². The number of hydrogen-bond acceptors (Lipinski definition) is 3. The summed E-state index contributed by atoms with van der Waals surface area (Å²) in [5, 5.41) is 6.70. The number of anilines is 1. The molecule has 1 aromatic rings. The molecule has 0 aromatic heterocycles. The van der Waals surface area contributed by atoms with Gasteiger partial charge in [-0.3, -0.25) is 4.72 Å². The first kappa shape index (κ1) is 17.6. The largest absolute Gasteiger partial charge is 0.357 e. The lowest BCUT2D eigenvalue weighted by atomic mass is 10.2. The van der Waals surface area contributed by atoms with E-state index in [0.29, 0.717) is 18.3 Å². The fraction of sp³-hybridized carbons (Fsp3) is 0.562. The first-order valence-corrected chi connectivity index (χ1v) is 9.97. The number of nitrogens with one attached hydrogen (secondary N) is 3. The molecule has 1 aliphatic rings. The van der Waals surface area contributed by atoms with E-state index in [9.17, 15) is 8.42 Å². The molecule has 128 valence electrons. The Labute approximate surface area is 138 Å². The lowest BCUT2D eigenvalue weighted by molar-refractivity contribution is 0.606. The van der Waals surface area contributed by atoms with Gasteiger partial charge in [0.05, 0.1) is 18.5 Å². The third-order valence-corrected chi connectivity index (χ3v) is 4.35. The maximum atomic E-state index is 11.5. The molecule has 1 fully saturated rings. The summed E-state index contributed by atoms with van der Waals surface area (Å²) in [7, 11) is -3.30. The first-order valence-electron chi connectivity index (χ1n) is 8.08. The van der Waals surface area contributed by atoms with Gasteiger partial charge in [0, 0.05) is 12.6 Å². The Morgan fingerprint density at radius 1 is 1.26 bits per heavy atom. The molecule has 6 nitrogen and oxygen atoms in total. The highest BCUT2D eigenvalue weighted by atomic mass is 32.2. The highest BCUT2D eigenvalue weighted by Crippen LogP contribution is 2.19. The molecule has 0 unspecified atom stereocenters. The van der Waals surface area contributed by atoms with E-state index in [4.69, 9.17) is 0 Å². The number of para-hydroxylation sites is 1. The van der Waals surface area contributed by atoms with Crippen molar-refractivity contribution in [1.29, 1.82) is 0 Å². The Bertz CT molecular complexity index is 637. The average Bonchev–Trinajstić information content (AvgIpc) is 2.98. The van der Waals surface area contributed by atoms with Crippen molar-refractivity contribution in [3.05, 3.63) is 29.8 Å². The lowest BCUT2D eigenvalue weighted by Gasteiger charge is -2.17. The van der Waals surface area contributed by atoms with E-state index in [-0.39, 0.29) is 0 Å². The smallest absolute Gasteiger partial charge is 0.229 e. The zero-order chi connectivity index (χ0) is 16.7. The lowest BCUT2D eigenvalue weighted by Crippen LogP contribution is -2.42. The Morgan fingerprint density at radius 3 is 2.61 bits per heavy atom. The average molecular weight is 338 g/mol. The monoisotopic (exact) mass is 338 g/mol. The number of hydrogen-bond donors (Lipinski definition) is 3. The Kier molecular flexibility index (Phi) is 6.27. The normalized spacial score (nSPS) is 16.3. The molecule has 0 saturated heterocycles. The van der Waals surface area contributed by atoms with Crippen LogP contribution < -0.4 is 15.4 Å². The number of nitrogens with zero attached hydrogens (tertiary/aromatic N) is 1. The minimum atomic E-state index is -3.30. The summed E-state index contributed by atoms with van der Waals surface area (Å²) in [6.45, 7) is 3.24. The predicted molar refractivity (Wildman–Crippen MR) is 95.1 cm³/mol. The SMILES string of the molecule is CCNC(=NCc1ccccc1NS(C)(=O)=O)NC1CCCC1. The Morgan fingerprint density at radius 2 is 1.96 bits per heavy atom. The van der Waals surface area contributed by atoms with Gasteiger partial charge in [-0.15, -0.1) is 0 Å². The molecule has 0 atom stereocenters. The molecule has 0 amide bonds. The molecular weight excluding hydrogens is 312 g/mol. The van der Waals surface area contributed by atoms with Crippen molar-refractivity contribution in [2.75, 3.05) is 17.5 Å². The molecule has 23 heavy (non-hydrogen) atoms. The highest BCUT2D eigenvalue weighted by molar-refractivity contribution is 7.92. The molecule has 1 aromatic carbocycles. The second kappa shape index (κ2) is 8.19. The minimum Gasteiger partial charge on any atom is -0.357 e. The molecule has 0 spiro atoms. The van der Waals surface area contributed by atoms with Crippen molar-refractivity contribution >= 4 is 21.7 Å². The van der Waals surface area contributed by atoms with Crippen LogP contribution in [0, 0.1) is 0 Å². The molecule has 0 aliphatic heterocycles. The first-order chi connectivity index (χ1) is 11.0. The van der Waals surface area contributed by atoms with Crippen LogP contribution in [0.4, 0.5) is 5.69 Å². The van der Waals surface area contributed by atoms with E-state index >= 15 is 0 Å². The fourth-order valence-electron chi connectivity index (χ4n) is 2.71. The van der Waals surface area contributed by atoms with Gasteiger partial charge in [-0.05, 0) is 31.4 Å². The summed E-state index contributed by atoms with van der Waals surface area (Å²) in [5.74, 6) is 0.786. The van der Waals surface area contributed by atoms with Crippen LogP contribution in [0.15, 0.2) is 29.3 Å². The van der Waals surface area contributed by atoms with Crippen LogP contribution in [-0.2, 0) is 16.6 Å². The third-order valence-electron chi connectivity index (χ3n) is 3.76. The fourth-order valence-corrected chi connectivity index (χ4v) is 3.30. The van der Waals surface area contributed by atoms with E-state index in [1.807, 2.05) is 25.1 Å². The molecule has 3 N–H and O–H groups in total. The third kappa shape index (κ3) is 6.09. The second-order valence-electron chi connectivity index (χ2n) is 5.85. The maximum absolute atomic E-state index is 11.5. The van der Waals surface area contributed by atoms with Crippen LogP contribution in [0.2, 0.25) is 0 Å². The van der Waals surface area contributed by atoms with Crippen LogP contribution in [0.3, 0.4) is 0 Å². The zero-order valence-electron chi connectivity index (χ0n) is 13.8. The predicted octanol–water partition coefficient (Wildman–Crippen LogP) is 2.06. The number of guanidine groups is 1. The molecule has 2 rings (SSSR count). The Hall–Kier alpha value is -1.76. The summed E-state index contributed by atoms with van der Waals surface area (Å²) in [4.78, 5) is 4.60. The molecular formula is C16H26N4O2S. The number of benzene rings is 1. The molecule has 1 aliphatic carbocycles. The van der Waals surface area contributed by atoms with Crippen LogP contribution >= 0.6 is 0 Å². The van der Waals surface area contributed by atoms with Gasteiger partial charge in [0.1, 0.15) is 0 Å². The van der Waals surface area contributed by atoms with Gasteiger partial charge in [-0.1, -0.05) is 31.0 Å². The number of aliphatic imine (C=N–C) groups is 1. The van der Waals surface area contributed by atoms with Crippen LogP contribution in [0.25, 0.3) is 0 Å². The van der Waals surface area contributed by atoms with E-state index in [0.717, 1.165) is 24.3 Å². The zero-order valence-corrected chi connectivity index (χ0v) is 14.6. The van der Waals surface area contributed by atoms with E-state index < -0.39 is 10.0 Å². The van der Waals surface area contributed by atoms with Crippen molar-refractivity contribution in [3.63, 3.8) is 0 Å². The maximum Gasteiger partial charge on any atom is 0.229 e. The van der Waals surface area contributed by atoms with Gasteiger partial charge in [0.2, 0.25) is 10.0 Å². The summed E-state index contributed by atoms with van der Waals surface area (Å²) < 4.78 is 25.4. The van der Waals surface area contributed by atoms with E-state index in [2.05, 4.69) is 20.3 Å². The number of rotatable bonds is 6. The van der Waals surface area contributed by atoms with Crippen molar-refractivity contribution in [3.8, 4) is 0 Å². The summed E-state index contributed by atoms with van der Waals surface area (Å²) >= 11 is 0. The van der Waals surface area contributed by atoms with Crippen molar-refractivity contribution < 1.29 is 8.42 Å². The second-order valence-corrected chi connectivity index (χ2v) is 7.60. The summed E-state index contributed by atoms with van der Waals surface area (Å²) in [6.07, 6.45) is 6.03. The quantitative estimate of drug-likeness (QED) is 0.548. The van der Waals surface area contributed by atoms with Gasteiger partial charge in [-0.2, -0.15) is 0 Å². The molecule has 0 heterocycles. The van der Waals surface area contributed by atoms with Gasteiger partial charge in [0.25, 0.3) is 0 Å². The Balaban J connectivity index is 2.08. The molecule has 0 bridgehead atoms. The topological polar surface area (TPSA) is 82.6 Å². The highest BCUT2D eigenvalue weighted by Gasteiger charge is 2.16. The van der Waals surface area contributed by atoms with Crippen LogP contribution in [0.1, 0.15) is 38.2 Å². The van der Waals surface area contributed by atoms with Crippen molar-refractivity contribution in [2.45, 2.75) is 45.2 Å². The van der Waals surface area contributed by atoms with Gasteiger partial charge >= 0.3 is 0 Å². The van der Waals surface area contributed by atoms with Crippen LogP contribution in [-0.4, -0.2) is 33.2 Å². The standard InChI is InChI=1S/C16H26N4O2S/c1-3-17-16(19-14-9-5-6-10-14)18-12-13-8-4-7-11-15(13)20-23(2,21)22/h4,7-8,11,14,20H,3,5-6,9-10,12H2,1-2H3,(H2,17,18,19). The summed E-state index contributed by atoms with van der Waals surface area (Å²) in [5.41, 5.74) is 1.43. The van der Waals surface area contributed by atoms with E-state index in [1.165, 1.54) is 25.7 Å². The molecule has 0 radical (unpaired) electrons.